The lowest BCUT2D eigenvalue weighted by molar-refractivity contribution is -0.138. The van der Waals surface area contributed by atoms with Crippen molar-refractivity contribution in [3.05, 3.63) is 23.4 Å². The fourth-order valence-corrected chi connectivity index (χ4v) is 1.88. The van der Waals surface area contributed by atoms with E-state index in [1.807, 2.05) is 0 Å². The van der Waals surface area contributed by atoms with Crippen LogP contribution in [0.1, 0.15) is 23.5 Å². The maximum Gasteiger partial charge on any atom is 0.416 e. The van der Waals surface area contributed by atoms with Gasteiger partial charge in [0.1, 0.15) is 5.82 Å². The van der Waals surface area contributed by atoms with Crippen molar-refractivity contribution in [3.63, 3.8) is 0 Å². The highest BCUT2D eigenvalue weighted by molar-refractivity contribution is 5.79. The van der Waals surface area contributed by atoms with Crippen molar-refractivity contribution in [3.8, 4) is 0 Å². The Morgan fingerprint density at radius 1 is 1.47 bits per heavy atom. The number of amides is 1. The number of nitrogens with two attached hydrogens (primary N) is 1. The summed E-state index contributed by atoms with van der Waals surface area (Å²) in [6.07, 6.45) is -3.34. The third-order valence-corrected chi connectivity index (χ3v) is 2.68. The molecular formula is C10H10F3N3O. The summed E-state index contributed by atoms with van der Waals surface area (Å²) in [5.74, 6) is -0.925. The molecule has 1 fully saturated rings. The third kappa shape index (κ3) is 2.32. The molecule has 2 rings (SSSR count). The second-order valence-electron chi connectivity index (χ2n) is 3.90. The molecule has 17 heavy (non-hydrogen) atoms. The number of halogens is 3. The molecule has 0 aliphatic carbocycles. The molecule has 2 heterocycles. The van der Waals surface area contributed by atoms with E-state index in [0.29, 0.717) is 0 Å². The van der Waals surface area contributed by atoms with E-state index in [1.54, 1.807) is 0 Å². The van der Waals surface area contributed by atoms with Crippen molar-refractivity contribution in [2.45, 2.75) is 18.5 Å². The summed E-state index contributed by atoms with van der Waals surface area (Å²) in [5, 5.41) is 2.50. The zero-order chi connectivity index (χ0) is 12.6. The number of nitrogens with zero attached hydrogens (tertiary/aromatic N) is 1. The molecule has 3 N–H and O–H groups in total. The Kier molecular flexibility index (Phi) is 2.68. The van der Waals surface area contributed by atoms with E-state index in [0.717, 1.165) is 12.3 Å². The summed E-state index contributed by atoms with van der Waals surface area (Å²) in [4.78, 5) is 14.7. The molecule has 7 heteroatoms. The Hall–Kier alpha value is -1.79. The van der Waals surface area contributed by atoms with Crippen molar-refractivity contribution in [2.75, 3.05) is 12.3 Å². The molecule has 1 aliphatic rings. The highest BCUT2D eigenvalue weighted by Crippen LogP contribution is 2.37. The maximum atomic E-state index is 12.8. The molecule has 1 unspecified atom stereocenters. The van der Waals surface area contributed by atoms with E-state index in [9.17, 15) is 18.0 Å². The van der Waals surface area contributed by atoms with Crippen molar-refractivity contribution >= 4 is 11.7 Å². The van der Waals surface area contributed by atoms with Gasteiger partial charge >= 0.3 is 6.18 Å². The van der Waals surface area contributed by atoms with Gasteiger partial charge in [0.15, 0.2) is 0 Å². The number of carbonyl (C=O) groups excluding carboxylic acids is 1. The highest BCUT2D eigenvalue weighted by atomic mass is 19.4. The van der Waals surface area contributed by atoms with Gasteiger partial charge in [-0.1, -0.05) is 0 Å². The smallest absolute Gasteiger partial charge is 0.384 e. The standard InChI is InChI=1S/C10H10F3N3O/c11-10(12,13)7-2-8(14)15-4-6(7)5-1-9(17)16-3-5/h2,4-5H,1,3H2,(H2,14,15)(H,16,17). The van der Waals surface area contributed by atoms with Gasteiger partial charge in [0, 0.05) is 25.1 Å². The third-order valence-electron chi connectivity index (χ3n) is 2.68. The van der Waals surface area contributed by atoms with Crippen LogP contribution >= 0.6 is 0 Å². The number of carbonyl (C=O) groups is 1. The van der Waals surface area contributed by atoms with Gasteiger partial charge in [-0.2, -0.15) is 13.2 Å². The van der Waals surface area contributed by atoms with Crippen LogP contribution in [0.2, 0.25) is 0 Å². The Labute approximate surface area is 95.0 Å². The van der Waals surface area contributed by atoms with Crippen LogP contribution in [-0.2, 0) is 11.0 Å². The molecule has 1 saturated heterocycles. The first-order chi connectivity index (χ1) is 7.88. The average Bonchev–Trinajstić information content (AvgIpc) is 2.63. The normalized spacial score (nSPS) is 20.4. The molecule has 4 nitrogen and oxygen atoms in total. The SMILES string of the molecule is Nc1cc(C(F)(F)F)c(C2CNC(=O)C2)cn1. The van der Waals surface area contributed by atoms with Crippen LogP contribution in [0.25, 0.3) is 0 Å². The summed E-state index contributed by atoms with van der Waals surface area (Å²) >= 11 is 0. The first kappa shape index (κ1) is 11.7. The van der Waals surface area contributed by atoms with E-state index >= 15 is 0 Å². The van der Waals surface area contributed by atoms with E-state index in [-0.39, 0.29) is 30.3 Å². The van der Waals surface area contributed by atoms with Gasteiger partial charge < -0.3 is 11.1 Å². The second kappa shape index (κ2) is 3.90. The number of hydrogen-bond donors (Lipinski definition) is 2. The van der Waals surface area contributed by atoms with E-state index in [2.05, 4.69) is 10.3 Å². The molecule has 1 aromatic rings. The number of pyridine rings is 1. The summed E-state index contributed by atoms with van der Waals surface area (Å²) in [6.45, 7) is 0.202. The quantitative estimate of drug-likeness (QED) is 0.783. The van der Waals surface area contributed by atoms with Crippen LogP contribution in [-0.4, -0.2) is 17.4 Å². The van der Waals surface area contributed by atoms with Crippen molar-refractivity contribution in [1.29, 1.82) is 0 Å². The van der Waals surface area contributed by atoms with Gasteiger partial charge in [-0.05, 0) is 11.6 Å². The van der Waals surface area contributed by atoms with Gasteiger partial charge in [0.25, 0.3) is 0 Å². The predicted octanol–water partition coefficient (Wildman–Crippen LogP) is 1.29. The minimum atomic E-state index is -4.49. The highest BCUT2D eigenvalue weighted by Gasteiger charge is 2.37. The van der Waals surface area contributed by atoms with Crippen LogP contribution < -0.4 is 11.1 Å². The fraction of sp³-hybridized carbons (Fsp3) is 0.400. The zero-order valence-electron chi connectivity index (χ0n) is 8.71. The number of alkyl halides is 3. The van der Waals surface area contributed by atoms with E-state index in [1.165, 1.54) is 0 Å². The van der Waals surface area contributed by atoms with E-state index < -0.39 is 17.7 Å². The minimum absolute atomic E-state index is 0.0186. The number of rotatable bonds is 1. The molecule has 92 valence electrons. The molecule has 1 amide bonds. The fourth-order valence-electron chi connectivity index (χ4n) is 1.88. The zero-order valence-corrected chi connectivity index (χ0v) is 8.71. The number of aromatic nitrogens is 1. The second-order valence-corrected chi connectivity index (χ2v) is 3.90. The molecule has 0 radical (unpaired) electrons. The summed E-state index contributed by atoms with van der Waals surface area (Å²) < 4.78 is 38.4. The number of anilines is 1. The maximum absolute atomic E-state index is 12.8. The number of nitrogens with one attached hydrogen (secondary N) is 1. The first-order valence-electron chi connectivity index (χ1n) is 4.97. The van der Waals surface area contributed by atoms with Crippen LogP contribution in [0.3, 0.4) is 0 Å². The lowest BCUT2D eigenvalue weighted by atomic mass is 9.95. The number of hydrogen-bond acceptors (Lipinski definition) is 3. The Morgan fingerprint density at radius 3 is 2.71 bits per heavy atom. The monoisotopic (exact) mass is 245 g/mol. The summed E-state index contributed by atoms with van der Waals surface area (Å²) in [6, 6.07) is 0.804. The van der Waals surface area contributed by atoms with Gasteiger partial charge in [-0.3, -0.25) is 4.79 Å². The molecule has 1 atom stereocenters. The number of nitrogen functional groups attached to an aromatic ring is 1. The van der Waals surface area contributed by atoms with Crippen molar-refractivity contribution in [2.24, 2.45) is 0 Å². The van der Waals surface area contributed by atoms with E-state index in [4.69, 9.17) is 5.73 Å². The van der Waals surface area contributed by atoms with Crippen LogP contribution in [0.15, 0.2) is 12.3 Å². The lowest BCUT2D eigenvalue weighted by Crippen LogP contribution is -2.16. The van der Waals surface area contributed by atoms with Gasteiger partial charge in [-0.15, -0.1) is 0 Å². The topological polar surface area (TPSA) is 68.0 Å². The molecule has 0 saturated carbocycles. The van der Waals surface area contributed by atoms with Crippen LogP contribution in [0, 0.1) is 0 Å². The Morgan fingerprint density at radius 2 is 2.18 bits per heavy atom. The van der Waals surface area contributed by atoms with Crippen LogP contribution in [0.5, 0.6) is 0 Å². The summed E-state index contributed by atoms with van der Waals surface area (Å²) in [7, 11) is 0. The molecule has 1 aliphatic heterocycles. The average molecular weight is 245 g/mol. The van der Waals surface area contributed by atoms with Gasteiger partial charge in [0.2, 0.25) is 5.91 Å². The predicted molar refractivity (Wildman–Crippen MR) is 54.0 cm³/mol. The van der Waals surface area contributed by atoms with Gasteiger partial charge in [-0.25, -0.2) is 4.98 Å². The largest absolute Gasteiger partial charge is 0.416 e. The molecule has 1 aromatic heterocycles. The Bertz CT molecular complexity index is 459. The van der Waals surface area contributed by atoms with Gasteiger partial charge in [0.05, 0.1) is 5.56 Å². The molecular weight excluding hydrogens is 235 g/mol. The molecule has 0 aromatic carbocycles. The van der Waals surface area contributed by atoms with Crippen molar-refractivity contribution < 1.29 is 18.0 Å². The lowest BCUT2D eigenvalue weighted by Gasteiger charge is -2.16. The minimum Gasteiger partial charge on any atom is -0.384 e. The van der Waals surface area contributed by atoms with Crippen LogP contribution in [0.4, 0.5) is 19.0 Å². The van der Waals surface area contributed by atoms with Crippen molar-refractivity contribution in [1.82, 2.24) is 10.3 Å². The molecule has 0 bridgehead atoms. The molecule has 0 spiro atoms. The Balaban J connectivity index is 2.43. The summed E-state index contributed by atoms with van der Waals surface area (Å²) in [5.41, 5.74) is 4.46. The first-order valence-corrected chi connectivity index (χ1v) is 4.97.